The second-order valence-electron chi connectivity index (χ2n) is 8.61. The van der Waals surface area contributed by atoms with Gasteiger partial charge in [-0.05, 0) is 73.6 Å². The molecule has 1 unspecified atom stereocenters. The summed E-state index contributed by atoms with van der Waals surface area (Å²) in [5.41, 5.74) is 10.7. The summed E-state index contributed by atoms with van der Waals surface area (Å²) in [7, 11) is 0. The van der Waals surface area contributed by atoms with Crippen molar-refractivity contribution in [3.63, 3.8) is 0 Å². The Morgan fingerprint density at radius 3 is 2.14 bits per heavy atom. The molecule has 0 fully saturated rings. The molecule has 2 aromatic carbocycles. The molecular weight excluding hydrogens is 358 g/mol. The van der Waals surface area contributed by atoms with E-state index >= 15 is 0 Å². The van der Waals surface area contributed by atoms with Crippen LogP contribution in [-0.2, 0) is 12.8 Å². The van der Waals surface area contributed by atoms with E-state index in [-0.39, 0.29) is 19.1 Å². The maximum atomic E-state index is 9.64. The van der Waals surface area contributed by atoms with Gasteiger partial charge in [0.1, 0.15) is 0 Å². The molecule has 1 atom stereocenters. The van der Waals surface area contributed by atoms with Crippen LogP contribution in [0, 0.1) is 6.92 Å². The maximum Gasteiger partial charge on any atom is 0.0633 e. The molecular formula is C26H39NO2. The highest BCUT2D eigenvalue weighted by molar-refractivity contribution is 5.34. The predicted octanol–water partition coefficient (Wildman–Crippen LogP) is 4.91. The molecule has 3 nitrogen and oxygen atoms in total. The molecule has 160 valence electrons. The van der Waals surface area contributed by atoms with Gasteiger partial charge < -0.3 is 15.9 Å². The van der Waals surface area contributed by atoms with Gasteiger partial charge >= 0.3 is 0 Å². The highest BCUT2D eigenvalue weighted by Crippen LogP contribution is 2.32. The Labute approximate surface area is 177 Å². The Balaban J connectivity index is 1.98. The van der Waals surface area contributed by atoms with Crippen molar-refractivity contribution in [3.8, 4) is 0 Å². The number of hydrogen-bond donors (Lipinski definition) is 3. The number of aryl methyl sites for hydroxylation is 3. The number of rotatable bonds is 13. The van der Waals surface area contributed by atoms with E-state index in [1.165, 1.54) is 35.1 Å². The van der Waals surface area contributed by atoms with Gasteiger partial charge in [-0.1, -0.05) is 68.3 Å². The SMILES string of the molecule is CCCCC(CC(N)(CO)CO)c1ccc(CCCCc2ccccc2)cc1C. The van der Waals surface area contributed by atoms with E-state index in [1.54, 1.807) is 0 Å². The average Bonchev–Trinajstić information content (AvgIpc) is 2.75. The third-order valence-electron chi connectivity index (χ3n) is 5.99. The van der Waals surface area contributed by atoms with E-state index in [4.69, 9.17) is 5.73 Å². The summed E-state index contributed by atoms with van der Waals surface area (Å²) in [5.74, 6) is 0.270. The van der Waals surface area contributed by atoms with Gasteiger partial charge in [-0.15, -0.1) is 0 Å². The molecule has 2 rings (SSSR count). The summed E-state index contributed by atoms with van der Waals surface area (Å²) < 4.78 is 0. The van der Waals surface area contributed by atoms with Crippen LogP contribution in [-0.4, -0.2) is 29.0 Å². The van der Waals surface area contributed by atoms with E-state index in [0.29, 0.717) is 6.42 Å². The minimum Gasteiger partial charge on any atom is -0.394 e. The van der Waals surface area contributed by atoms with Crippen molar-refractivity contribution in [2.45, 2.75) is 76.7 Å². The topological polar surface area (TPSA) is 66.5 Å². The van der Waals surface area contributed by atoms with Gasteiger partial charge in [-0.2, -0.15) is 0 Å². The first-order valence-corrected chi connectivity index (χ1v) is 11.1. The largest absolute Gasteiger partial charge is 0.394 e. The molecule has 0 bridgehead atoms. The van der Waals surface area contributed by atoms with Crippen molar-refractivity contribution >= 4 is 0 Å². The second-order valence-corrected chi connectivity index (χ2v) is 8.61. The first kappa shape index (κ1) is 23.6. The Bertz CT molecular complexity index is 710. The van der Waals surface area contributed by atoms with Crippen LogP contribution in [0.5, 0.6) is 0 Å². The van der Waals surface area contributed by atoms with Crippen LogP contribution in [0.1, 0.15) is 73.6 Å². The third kappa shape index (κ3) is 7.58. The van der Waals surface area contributed by atoms with Crippen LogP contribution in [0.15, 0.2) is 48.5 Å². The Hall–Kier alpha value is -1.68. The van der Waals surface area contributed by atoms with Gasteiger partial charge in [0.15, 0.2) is 0 Å². The van der Waals surface area contributed by atoms with Crippen LogP contribution >= 0.6 is 0 Å². The quantitative estimate of drug-likeness (QED) is 0.421. The second kappa shape index (κ2) is 12.1. The number of unbranched alkanes of at least 4 members (excludes halogenated alkanes) is 2. The van der Waals surface area contributed by atoms with Crippen molar-refractivity contribution < 1.29 is 10.2 Å². The molecule has 0 spiro atoms. The van der Waals surface area contributed by atoms with Gasteiger partial charge in [0, 0.05) is 0 Å². The normalized spacial score (nSPS) is 12.9. The molecule has 3 heteroatoms. The third-order valence-corrected chi connectivity index (χ3v) is 5.99. The summed E-state index contributed by atoms with van der Waals surface area (Å²) in [6.07, 6.45) is 8.52. The van der Waals surface area contributed by atoms with E-state index in [2.05, 4.69) is 62.4 Å². The van der Waals surface area contributed by atoms with Crippen molar-refractivity contribution in [1.82, 2.24) is 0 Å². The molecule has 0 saturated carbocycles. The fourth-order valence-electron chi connectivity index (χ4n) is 4.14. The van der Waals surface area contributed by atoms with Crippen LogP contribution in [0.3, 0.4) is 0 Å². The van der Waals surface area contributed by atoms with Gasteiger partial charge in [0.2, 0.25) is 0 Å². The molecule has 4 N–H and O–H groups in total. The molecule has 0 aromatic heterocycles. The maximum absolute atomic E-state index is 9.64. The predicted molar refractivity (Wildman–Crippen MR) is 122 cm³/mol. The fraction of sp³-hybridized carbons (Fsp3) is 0.538. The van der Waals surface area contributed by atoms with Gasteiger partial charge in [0.25, 0.3) is 0 Å². The fourth-order valence-corrected chi connectivity index (χ4v) is 4.14. The average molecular weight is 398 g/mol. The van der Waals surface area contributed by atoms with Gasteiger partial charge in [0.05, 0.1) is 18.8 Å². The molecule has 29 heavy (non-hydrogen) atoms. The highest BCUT2D eigenvalue weighted by Gasteiger charge is 2.28. The van der Waals surface area contributed by atoms with Crippen molar-refractivity contribution in [2.75, 3.05) is 13.2 Å². The summed E-state index contributed by atoms with van der Waals surface area (Å²) in [6.45, 7) is 3.99. The van der Waals surface area contributed by atoms with E-state index in [1.807, 2.05) is 0 Å². The summed E-state index contributed by atoms with van der Waals surface area (Å²) >= 11 is 0. The molecule has 0 heterocycles. The van der Waals surface area contributed by atoms with E-state index in [0.717, 1.165) is 32.1 Å². The van der Waals surface area contributed by atoms with Crippen LogP contribution in [0.4, 0.5) is 0 Å². The molecule has 0 radical (unpaired) electrons. The zero-order chi connectivity index (χ0) is 21.1. The minimum atomic E-state index is -0.916. The van der Waals surface area contributed by atoms with E-state index in [9.17, 15) is 10.2 Å². The van der Waals surface area contributed by atoms with Gasteiger partial charge in [-0.25, -0.2) is 0 Å². The standard InChI is InChI=1S/C26H39NO2/c1-3-4-14-24(18-26(27,19-28)20-29)25-16-15-23(17-21(25)2)13-9-8-12-22-10-6-5-7-11-22/h5-7,10-11,15-17,24,28-29H,3-4,8-9,12-14,18-20,27H2,1-2H3. The highest BCUT2D eigenvalue weighted by atomic mass is 16.3. The zero-order valence-corrected chi connectivity index (χ0v) is 18.2. The molecule has 0 aliphatic heterocycles. The molecule has 0 amide bonds. The smallest absolute Gasteiger partial charge is 0.0633 e. The lowest BCUT2D eigenvalue weighted by molar-refractivity contribution is 0.107. The number of aliphatic hydroxyl groups is 2. The summed E-state index contributed by atoms with van der Waals surface area (Å²) in [5, 5.41) is 19.3. The van der Waals surface area contributed by atoms with Crippen molar-refractivity contribution in [3.05, 3.63) is 70.8 Å². The van der Waals surface area contributed by atoms with Crippen molar-refractivity contribution in [2.24, 2.45) is 5.73 Å². The first-order chi connectivity index (χ1) is 14.0. The number of nitrogens with two attached hydrogens (primary N) is 1. The monoisotopic (exact) mass is 397 g/mol. The lowest BCUT2D eigenvalue weighted by Gasteiger charge is -2.31. The Morgan fingerprint density at radius 2 is 1.55 bits per heavy atom. The van der Waals surface area contributed by atoms with Crippen molar-refractivity contribution in [1.29, 1.82) is 0 Å². The molecule has 2 aromatic rings. The number of benzene rings is 2. The summed E-state index contributed by atoms with van der Waals surface area (Å²) in [4.78, 5) is 0. The zero-order valence-electron chi connectivity index (χ0n) is 18.2. The van der Waals surface area contributed by atoms with Gasteiger partial charge in [-0.3, -0.25) is 0 Å². The number of aliphatic hydroxyl groups excluding tert-OH is 2. The Morgan fingerprint density at radius 1 is 0.897 bits per heavy atom. The summed E-state index contributed by atoms with van der Waals surface area (Å²) in [6, 6.07) is 17.5. The lowest BCUT2D eigenvalue weighted by atomic mass is 9.80. The molecule has 0 aliphatic carbocycles. The van der Waals surface area contributed by atoms with E-state index < -0.39 is 5.54 Å². The minimum absolute atomic E-state index is 0.190. The molecule has 0 aliphatic rings. The van der Waals surface area contributed by atoms with Crippen LogP contribution in [0.25, 0.3) is 0 Å². The number of hydrogen-bond acceptors (Lipinski definition) is 3. The lowest BCUT2D eigenvalue weighted by Crippen LogP contribution is -2.48. The Kier molecular flexibility index (Phi) is 9.86. The molecule has 0 saturated heterocycles. The first-order valence-electron chi connectivity index (χ1n) is 11.1. The van der Waals surface area contributed by atoms with Crippen LogP contribution in [0.2, 0.25) is 0 Å². The van der Waals surface area contributed by atoms with Crippen LogP contribution < -0.4 is 5.73 Å².